The van der Waals surface area contributed by atoms with Crippen LogP contribution >= 0.6 is 0 Å². The van der Waals surface area contributed by atoms with E-state index < -0.39 is 131 Å². The van der Waals surface area contributed by atoms with Crippen LogP contribution in [0.4, 0.5) is 0 Å². The molecule has 19 heteroatoms. The molecule has 3 aliphatic heterocycles. The van der Waals surface area contributed by atoms with Gasteiger partial charge in [-0.15, -0.1) is 0 Å². The van der Waals surface area contributed by atoms with Gasteiger partial charge in [-0.3, -0.25) is 4.79 Å². The zero-order chi connectivity index (χ0) is 61.9. The molecule has 3 saturated heterocycles. The third kappa shape index (κ3) is 30.1. The minimum Gasteiger partial charge on any atom is -0.394 e. The van der Waals surface area contributed by atoms with Crippen LogP contribution in [0.3, 0.4) is 0 Å². The molecule has 0 aromatic rings. The summed E-state index contributed by atoms with van der Waals surface area (Å²) in [6, 6.07) is -1.03. The molecule has 482 valence electrons. The van der Waals surface area contributed by atoms with Crippen LogP contribution in [0.2, 0.25) is 0 Å². The van der Waals surface area contributed by atoms with Gasteiger partial charge in [0.2, 0.25) is 5.91 Å². The number of carbonyl (C=O) groups is 1. The van der Waals surface area contributed by atoms with Crippen molar-refractivity contribution >= 4 is 5.91 Å². The molecule has 3 heterocycles. The van der Waals surface area contributed by atoms with Gasteiger partial charge in [-0.1, -0.05) is 160 Å². The first-order valence-corrected chi connectivity index (χ1v) is 30.9. The van der Waals surface area contributed by atoms with Crippen molar-refractivity contribution in [2.45, 2.75) is 247 Å². The second-order valence-electron chi connectivity index (χ2n) is 21.4. The average Bonchev–Trinajstić information content (AvgIpc) is 2.72. The highest BCUT2D eigenvalue weighted by Gasteiger charge is 2.53. The first-order valence-electron chi connectivity index (χ1n) is 30.9. The molecule has 85 heavy (non-hydrogen) atoms. The lowest BCUT2D eigenvalue weighted by molar-refractivity contribution is -0.379. The molecule has 19 nitrogen and oxygen atoms in total. The summed E-state index contributed by atoms with van der Waals surface area (Å²) in [5.41, 5.74) is 0. The number of amides is 1. The summed E-state index contributed by atoms with van der Waals surface area (Å²) in [6.45, 7) is 1.47. The van der Waals surface area contributed by atoms with Crippen molar-refractivity contribution in [3.05, 3.63) is 134 Å². The highest BCUT2D eigenvalue weighted by Crippen LogP contribution is 2.33. The second kappa shape index (κ2) is 47.0. The summed E-state index contributed by atoms with van der Waals surface area (Å²) >= 11 is 0. The Balaban J connectivity index is 1.49. The van der Waals surface area contributed by atoms with Crippen LogP contribution in [0.1, 0.15) is 142 Å². The quantitative estimate of drug-likeness (QED) is 0.0237. The highest BCUT2D eigenvalue weighted by atomic mass is 16.8. The normalized spacial score (nSPS) is 29.9. The van der Waals surface area contributed by atoms with Crippen LogP contribution in [0.5, 0.6) is 0 Å². The molecule has 0 bridgehead atoms. The van der Waals surface area contributed by atoms with E-state index in [1.807, 2.05) is 0 Å². The summed E-state index contributed by atoms with van der Waals surface area (Å²) < 4.78 is 34.2. The Morgan fingerprint density at radius 1 is 0.435 bits per heavy atom. The van der Waals surface area contributed by atoms with Crippen molar-refractivity contribution in [2.24, 2.45) is 0 Å². The van der Waals surface area contributed by atoms with E-state index in [0.717, 1.165) is 89.9 Å². The Morgan fingerprint density at radius 3 is 1.27 bits per heavy atom. The Hall–Kier alpha value is -4.07. The monoisotopic (exact) mass is 1200 g/mol. The molecule has 0 saturated carbocycles. The summed E-state index contributed by atoms with van der Waals surface area (Å²) in [5.74, 6) is -0.341. The van der Waals surface area contributed by atoms with Crippen LogP contribution in [-0.4, -0.2) is 193 Å². The van der Waals surface area contributed by atoms with Gasteiger partial charge in [0, 0.05) is 6.42 Å². The SMILES string of the molecule is CC/C=C\C/C=C\C/C=C\C/C=C\C/C=C\C/C=C\C/C=C\C/C=C\CCCCC(=O)NC(COC1OC(CO)C(OC2OC(CO)C(OC3OC(CO)C(O)C(O)C3O)C(O)C2O)C(O)C1O)C(O)/C=C/CC/C=C/CC/C=C/CCCCC. The Labute approximate surface area is 505 Å². The Kier molecular flexibility index (Phi) is 41.6. The van der Waals surface area contributed by atoms with E-state index in [2.05, 4.69) is 141 Å². The van der Waals surface area contributed by atoms with Gasteiger partial charge < -0.3 is 89.9 Å². The lowest BCUT2D eigenvalue weighted by atomic mass is 9.96. The van der Waals surface area contributed by atoms with Crippen molar-refractivity contribution in [1.29, 1.82) is 0 Å². The molecule has 12 N–H and O–H groups in total. The van der Waals surface area contributed by atoms with Gasteiger partial charge in [-0.05, 0) is 109 Å². The number of aliphatic hydroxyl groups is 11. The number of allylic oxidation sites excluding steroid dienone is 21. The van der Waals surface area contributed by atoms with E-state index in [9.17, 15) is 61.0 Å². The van der Waals surface area contributed by atoms with Gasteiger partial charge in [-0.2, -0.15) is 0 Å². The van der Waals surface area contributed by atoms with Crippen LogP contribution in [0, 0.1) is 0 Å². The number of nitrogens with one attached hydrogen (secondary N) is 1. The molecule has 0 spiro atoms. The first kappa shape index (κ1) is 75.2. The molecule has 3 aliphatic rings. The van der Waals surface area contributed by atoms with Crippen molar-refractivity contribution in [1.82, 2.24) is 5.32 Å². The molecule has 1 amide bonds. The number of hydrogen-bond acceptors (Lipinski definition) is 18. The van der Waals surface area contributed by atoms with Gasteiger partial charge in [0.25, 0.3) is 0 Å². The van der Waals surface area contributed by atoms with Crippen LogP contribution in [0.15, 0.2) is 134 Å². The zero-order valence-electron chi connectivity index (χ0n) is 50.3. The maximum atomic E-state index is 13.3. The minimum atomic E-state index is -1.99. The van der Waals surface area contributed by atoms with E-state index in [4.69, 9.17) is 28.4 Å². The standard InChI is InChI=1S/C66H105NO18/c1-3-5-7-9-11-13-15-17-18-19-20-21-22-23-24-25-26-27-28-29-30-32-34-36-38-40-42-44-54(72)67-49(50(71)43-41-39-37-35-33-31-16-14-12-10-8-6-4-2)48-80-64-60(78)57(75)62(52(46-69)82-64)85-66-61(79)58(76)63(53(47-70)83-66)84-65-59(77)56(74)55(73)51(45-68)81-65/h5,7,11-14,17-18,20-21,23-24,26-27,29-30,33-36,41,43,49-53,55-66,68-71,73-79H,3-4,6,8-10,15-16,19,22,25,28,31-32,37-40,42,44-48H2,1-2H3,(H,67,72)/b7-5-,13-11-,14-12+,18-17-,21-20-,24-23-,27-26-,30-29-,35-33+,36-34-,43-41+. The van der Waals surface area contributed by atoms with Crippen molar-refractivity contribution in [3.63, 3.8) is 0 Å². The van der Waals surface area contributed by atoms with E-state index >= 15 is 0 Å². The first-order chi connectivity index (χ1) is 41.3. The molecule has 3 fully saturated rings. The van der Waals surface area contributed by atoms with E-state index in [0.29, 0.717) is 12.8 Å². The van der Waals surface area contributed by atoms with Crippen LogP contribution < -0.4 is 5.32 Å². The largest absolute Gasteiger partial charge is 0.394 e. The van der Waals surface area contributed by atoms with Gasteiger partial charge >= 0.3 is 0 Å². The number of ether oxygens (including phenoxy) is 6. The highest BCUT2D eigenvalue weighted by molar-refractivity contribution is 5.76. The minimum absolute atomic E-state index is 0.166. The summed E-state index contributed by atoms with van der Waals surface area (Å²) in [5, 5.41) is 120. The van der Waals surface area contributed by atoms with Crippen molar-refractivity contribution in [2.75, 3.05) is 26.4 Å². The summed E-state index contributed by atoms with van der Waals surface area (Å²) in [6.07, 6.45) is 37.2. The lowest BCUT2D eigenvalue weighted by Crippen LogP contribution is -2.66. The lowest BCUT2D eigenvalue weighted by Gasteiger charge is -2.48. The molecule has 17 atom stereocenters. The summed E-state index contributed by atoms with van der Waals surface area (Å²) in [7, 11) is 0. The molecule has 0 aromatic carbocycles. The molecular formula is C66H105NO18. The van der Waals surface area contributed by atoms with Gasteiger partial charge in [0.15, 0.2) is 18.9 Å². The number of carbonyl (C=O) groups excluding carboxylic acids is 1. The fourth-order valence-corrected chi connectivity index (χ4v) is 9.35. The average molecular weight is 1200 g/mol. The smallest absolute Gasteiger partial charge is 0.220 e. The molecule has 0 aliphatic carbocycles. The van der Waals surface area contributed by atoms with E-state index in [1.165, 1.54) is 19.3 Å². The predicted molar refractivity (Wildman–Crippen MR) is 327 cm³/mol. The second-order valence-corrected chi connectivity index (χ2v) is 21.4. The fraction of sp³-hybridized carbons (Fsp3) is 0.652. The predicted octanol–water partition coefficient (Wildman–Crippen LogP) is 6.26. The number of rotatable bonds is 43. The Morgan fingerprint density at radius 2 is 0.812 bits per heavy atom. The molecular weight excluding hydrogens is 1090 g/mol. The van der Waals surface area contributed by atoms with Crippen LogP contribution in [-0.2, 0) is 33.2 Å². The van der Waals surface area contributed by atoms with E-state index in [-0.39, 0.29) is 12.3 Å². The molecule has 3 rings (SSSR count). The Bertz CT molecular complexity index is 2060. The zero-order valence-corrected chi connectivity index (χ0v) is 50.3. The van der Waals surface area contributed by atoms with Gasteiger partial charge in [-0.25, -0.2) is 0 Å². The van der Waals surface area contributed by atoms with Crippen molar-refractivity contribution < 1.29 is 89.4 Å². The number of hydrogen-bond donors (Lipinski definition) is 12. The molecule has 0 radical (unpaired) electrons. The summed E-state index contributed by atoms with van der Waals surface area (Å²) in [4.78, 5) is 13.3. The fourth-order valence-electron chi connectivity index (χ4n) is 9.35. The maximum absolute atomic E-state index is 13.3. The van der Waals surface area contributed by atoms with Crippen LogP contribution in [0.25, 0.3) is 0 Å². The van der Waals surface area contributed by atoms with Gasteiger partial charge in [0.1, 0.15) is 73.2 Å². The molecule has 0 aromatic heterocycles. The third-order valence-corrected chi connectivity index (χ3v) is 14.4. The van der Waals surface area contributed by atoms with E-state index in [1.54, 1.807) is 12.2 Å². The van der Waals surface area contributed by atoms with Gasteiger partial charge in [0.05, 0.1) is 38.6 Å². The topological polar surface area (TPSA) is 307 Å². The molecule has 17 unspecified atom stereocenters. The maximum Gasteiger partial charge on any atom is 0.220 e. The third-order valence-electron chi connectivity index (χ3n) is 14.4. The number of unbranched alkanes of at least 4 members (excludes halogenated alkanes) is 7. The van der Waals surface area contributed by atoms with Crippen molar-refractivity contribution in [3.8, 4) is 0 Å². The number of aliphatic hydroxyl groups excluding tert-OH is 11.